The Bertz CT molecular complexity index is 919. The molecular formula is C25H33N3O4. The number of methoxy groups -OCH3 is 1. The van der Waals surface area contributed by atoms with Gasteiger partial charge in [0.15, 0.2) is 0 Å². The van der Waals surface area contributed by atoms with Gasteiger partial charge in [0.25, 0.3) is 5.91 Å². The van der Waals surface area contributed by atoms with Crippen LogP contribution in [0.5, 0.6) is 5.75 Å². The molecule has 1 aliphatic rings. The van der Waals surface area contributed by atoms with Crippen molar-refractivity contribution in [1.29, 1.82) is 0 Å². The lowest BCUT2D eigenvalue weighted by atomic mass is 10.0. The van der Waals surface area contributed by atoms with E-state index in [0.29, 0.717) is 30.2 Å². The number of nitrogens with zero attached hydrogens (tertiary/aromatic N) is 1. The number of benzene rings is 2. The summed E-state index contributed by atoms with van der Waals surface area (Å²) in [6, 6.07) is 14.8. The maximum atomic E-state index is 13.3. The van der Waals surface area contributed by atoms with Crippen LogP contribution in [0.4, 0.5) is 5.69 Å². The molecule has 0 bridgehead atoms. The highest BCUT2D eigenvalue weighted by molar-refractivity contribution is 5.99. The molecular weight excluding hydrogens is 406 g/mol. The van der Waals surface area contributed by atoms with Gasteiger partial charge in [-0.3, -0.25) is 9.59 Å². The largest absolute Gasteiger partial charge is 0.491 e. The molecule has 1 aliphatic heterocycles. The van der Waals surface area contributed by atoms with E-state index in [-0.39, 0.29) is 36.3 Å². The molecule has 7 heteroatoms. The summed E-state index contributed by atoms with van der Waals surface area (Å²) >= 11 is 0. The van der Waals surface area contributed by atoms with Gasteiger partial charge < -0.3 is 25.0 Å². The Balaban J connectivity index is 1.82. The second-order valence-electron chi connectivity index (χ2n) is 8.48. The SMILES string of the molecule is CO[C@H]1CN(C)C(=O)c2cc(NC(=O)Cc3ccccc3)ccc2OC[C@H](C)NC[C@@H]1C. The van der Waals surface area contributed by atoms with Gasteiger partial charge in [-0.1, -0.05) is 37.3 Å². The van der Waals surface area contributed by atoms with E-state index in [1.54, 1.807) is 37.3 Å². The highest BCUT2D eigenvalue weighted by atomic mass is 16.5. The number of likely N-dealkylation sites (N-methyl/N-ethyl adjacent to an activating group) is 1. The molecule has 0 fully saturated rings. The molecule has 0 saturated carbocycles. The minimum Gasteiger partial charge on any atom is -0.491 e. The first-order valence-electron chi connectivity index (χ1n) is 11.0. The smallest absolute Gasteiger partial charge is 0.257 e. The normalized spacial score (nSPS) is 22.2. The summed E-state index contributed by atoms with van der Waals surface area (Å²) in [6.45, 7) is 5.80. The van der Waals surface area contributed by atoms with Crippen LogP contribution in [0.2, 0.25) is 0 Å². The Morgan fingerprint density at radius 3 is 2.69 bits per heavy atom. The Morgan fingerprint density at radius 2 is 1.97 bits per heavy atom. The van der Waals surface area contributed by atoms with Crippen LogP contribution < -0.4 is 15.4 Å². The third-order valence-corrected chi connectivity index (χ3v) is 5.72. The van der Waals surface area contributed by atoms with Crippen LogP contribution in [0.3, 0.4) is 0 Å². The average molecular weight is 440 g/mol. The van der Waals surface area contributed by atoms with E-state index in [0.717, 1.165) is 12.1 Å². The van der Waals surface area contributed by atoms with Crippen molar-refractivity contribution in [1.82, 2.24) is 10.2 Å². The molecule has 1 heterocycles. The number of anilines is 1. The van der Waals surface area contributed by atoms with E-state index in [1.165, 1.54) is 0 Å². The van der Waals surface area contributed by atoms with Gasteiger partial charge in [-0.25, -0.2) is 0 Å². The third-order valence-electron chi connectivity index (χ3n) is 5.72. The van der Waals surface area contributed by atoms with Crippen LogP contribution >= 0.6 is 0 Å². The molecule has 2 N–H and O–H groups in total. The van der Waals surface area contributed by atoms with Crippen molar-refractivity contribution in [2.45, 2.75) is 32.4 Å². The van der Waals surface area contributed by atoms with Crippen molar-refractivity contribution in [3.8, 4) is 5.75 Å². The number of nitrogens with one attached hydrogen (secondary N) is 2. The fraction of sp³-hybridized carbons (Fsp3) is 0.440. The molecule has 0 radical (unpaired) electrons. The van der Waals surface area contributed by atoms with Crippen LogP contribution in [-0.2, 0) is 16.0 Å². The fourth-order valence-corrected chi connectivity index (χ4v) is 3.72. The quantitative estimate of drug-likeness (QED) is 0.766. The van der Waals surface area contributed by atoms with Gasteiger partial charge in [-0.2, -0.15) is 0 Å². The molecule has 172 valence electrons. The fourth-order valence-electron chi connectivity index (χ4n) is 3.72. The zero-order chi connectivity index (χ0) is 23.1. The van der Waals surface area contributed by atoms with Gasteiger partial charge in [0.1, 0.15) is 12.4 Å². The molecule has 0 aliphatic carbocycles. The third kappa shape index (κ3) is 6.31. The molecule has 0 saturated heterocycles. The lowest BCUT2D eigenvalue weighted by molar-refractivity contribution is -0.115. The molecule has 2 aromatic rings. The van der Waals surface area contributed by atoms with Crippen molar-refractivity contribution in [3.05, 3.63) is 59.7 Å². The monoisotopic (exact) mass is 439 g/mol. The predicted molar refractivity (Wildman–Crippen MR) is 125 cm³/mol. The van der Waals surface area contributed by atoms with Crippen molar-refractivity contribution >= 4 is 17.5 Å². The number of rotatable bonds is 4. The summed E-state index contributed by atoms with van der Waals surface area (Å²) in [5, 5.41) is 6.36. The number of carbonyl (C=O) groups excluding carboxylic acids is 2. The van der Waals surface area contributed by atoms with Gasteiger partial charge in [0.2, 0.25) is 5.91 Å². The first-order chi connectivity index (χ1) is 15.4. The summed E-state index contributed by atoms with van der Waals surface area (Å²) in [6.07, 6.45) is 0.167. The van der Waals surface area contributed by atoms with Gasteiger partial charge in [-0.15, -0.1) is 0 Å². The van der Waals surface area contributed by atoms with Gasteiger partial charge in [-0.05, 0) is 36.6 Å². The van der Waals surface area contributed by atoms with Crippen LogP contribution in [-0.4, -0.2) is 62.7 Å². The number of fused-ring (bicyclic) bond motifs is 1. The first-order valence-corrected chi connectivity index (χ1v) is 11.0. The topological polar surface area (TPSA) is 79.9 Å². The molecule has 3 rings (SSSR count). The molecule has 7 nitrogen and oxygen atoms in total. The molecule has 2 aromatic carbocycles. The van der Waals surface area contributed by atoms with Crippen LogP contribution in [0.15, 0.2) is 48.5 Å². The maximum Gasteiger partial charge on any atom is 0.257 e. The van der Waals surface area contributed by atoms with Crippen LogP contribution in [0.1, 0.15) is 29.8 Å². The van der Waals surface area contributed by atoms with Gasteiger partial charge in [0, 0.05) is 39.0 Å². The standard InChI is InChI=1S/C25H33N3O4/c1-17-14-26-18(2)16-32-22-11-10-20(27-24(29)12-19-8-6-5-7-9-19)13-21(22)25(30)28(3)15-23(17)31-4/h5-11,13,17-18,23,26H,12,14-16H2,1-4H3,(H,27,29)/t17-,18-,23-/m0/s1. The minimum absolute atomic E-state index is 0.0961. The molecule has 2 amide bonds. The molecule has 0 aromatic heterocycles. The minimum atomic E-state index is -0.172. The zero-order valence-electron chi connectivity index (χ0n) is 19.3. The van der Waals surface area contributed by atoms with E-state index < -0.39 is 0 Å². The summed E-state index contributed by atoms with van der Waals surface area (Å²) in [4.78, 5) is 27.4. The Kier molecular flexibility index (Phi) is 8.25. The van der Waals surface area contributed by atoms with Crippen molar-refractivity contribution < 1.29 is 19.1 Å². The van der Waals surface area contributed by atoms with Gasteiger partial charge in [0.05, 0.1) is 18.1 Å². The lowest BCUT2D eigenvalue weighted by Gasteiger charge is -2.30. The van der Waals surface area contributed by atoms with E-state index >= 15 is 0 Å². The second-order valence-corrected chi connectivity index (χ2v) is 8.48. The van der Waals surface area contributed by atoms with Gasteiger partial charge >= 0.3 is 0 Å². The van der Waals surface area contributed by atoms with Crippen molar-refractivity contribution in [2.75, 3.05) is 39.2 Å². The lowest BCUT2D eigenvalue weighted by Crippen LogP contribution is -2.44. The van der Waals surface area contributed by atoms with Crippen molar-refractivity contribution in [3.63, 3.8) is 0 Å². The van der Waals surface area contributed by atoms with Crippen LogP contribution in [0, 0.1) is 5.92 Å². The highest BCUT2D eigenvalue weighted by Gasteiger charge is 2.25. The predicted octanol–water partition coefficient (Wildman–Crippen LogP) is 2.96. The van der Waals surface area contributed by atoms with E-state index in [4.69, 9.17) is 9.47 Å². The molecule has 0 unspecified atom stereocenters. The molecule has 32 heavy (non-hydrogen) atoms. The molecule has 3 atom stereocenters. The Labute approximate surface area is 190 Å². The number of amides is 2. The Morgan fingerprint density at radius 1 is 1.22 bits per heavy atom. The molecule has 0 spiro atoms. The number of ether oxygens (including phenoxy) is 2. The Hall–Kier alpha value is -2.90. The zero-order valence-corrected chi connectivity index (χ0v) is 19.3. The number of hydrogen-bond acceptors (Lipinski definition) is 5. The highest BCUT2D eigenvalue weighted by Crippen LogP contribution is 2.26. The van der Waals surface area contributed by atoms with E-state index in [1.807, 2.05) is 37.3 Å². The summed E-state index contributed by atoms with van der Waals surface area (Å²) in [7, 11) is 3.43. The van der Waals surface area contributed by atoms with Crippen LogP contribution in [0.25, 0.3) is 0 Å². The summed E-state index contributed by atoms with van der Waals surface area (Å²) in [5.74, 6) is 0.408. The second kappa shape index (κ2) is 11.1. The number of carbonyl (C=O) groups is 2. The summed E-state index contributed by atoms with van der Waals surface area (Å²) in [5.41, 5.74) is 1.90. The van der Waals surface area contributed by atoms with E-state index in [9.17, 15) is 9.59 Å². The summed E-state index contributed by atoms with van der Waals surface area (Å²) < 4.78 is 11.6. The average Bonchev–Trinajstić information content (AvgIpc) is 2.79. The van der Waals surface area contributed by atoms with E-state index in [2.05, 4.69) is 17.6 Å². The first kappa shape index (κ1) is 23.8. The maximum absolute atomic E-state index is 13.3. The van der Waals surface area contributed by atoms with Crippen molar-refractivity contribution in [2.24, 2.45) is 5.92 Å². The number of hydrogen-bond donors (Lipinski definition) is 2.